The Morgan fingerprint density at radius 1 is 1.17 bits per heavy atom. The van der Waals surface area contributed by atoms with E-state index >= 15 is 0 Å². The molecule has 0 fully saturated rings. The highest BCUT2D eigenvalue weighted by atomic mass is 19.4. The zero-order valence-electron chi connectivity index (χ0n) is 16.1. The Morgan fingerprint density at radius 2 is 1.93 bits per heavy atom. The number of nitrogens with one attached hydrogen (secondary N) is 1. The van der Waals surface area contributed by atoms with Crippen molar-refractivity contribution in [3.63, 3.8) is 0 Å². The van der Waals surface area contributed by atoms with Crippen molar-refractivity contribution >= 4 is 22.1 Å². The molecule has 0 atom stereocenters. The number of alkyl halides is 3. The summed E-state index contributed by atoms with van der Waals surface area (Å²) >= 11 is 0. The number of hydrogen-bond acceptors (Lipinski definition) is 3. The number of H-pyrrole nitrogens is 1. The van der Waals surface area contributed by atoms with E-state index < -0.39 is 18.4 Å². The summed E-state index contributed by atoms with van der Waals surface area (Å²) in [5.41, 5.74) is 2.71. The smallest absolute Gasteiger partial charge is 0.345 e. The summed E-state index contributed by atoms with van der Waals surface area (Å²) in [4.78, 5) is 15.5. The van der Waals surface area contributed by atoms with Gasteiger partial charge in [-0.15, -0.1) is 0 Å². The van der Waals surface area contributed by atoms with Crippen LogP contribution in [0.5, 0.6) is 0 Å². The molecular formula is C20H19F4N5. The Kier molecular flexibility index (Phi) is 4.55. The molecule has 4 aromatic rings. The second-order valence-corrected chi connectivity index (χ2v) is 7.31. The third kappa shape index (κ3) is 3.56. The average molecular weight is 405 g/mol. The van der Waals surface area contributed by atoms with Crippen molar-refractivity contribution in [3.8, 4) is 11.1 Å². The standard InChI is InChI=1S/C20H19F4N5/c1-10(2)29-11(3)27-18-15(21)6-12(7-16(18)29)13-8-26-19-14(13)9-25-17(28-19)4-5-20(22,23)24/h6-10H,4-5H2,1-3H3,(H,25,26,28). The molecule has 0 radical (unpaired) electrons. The minimum Gasteiger partial charge on any atom is -0.345 e. The molecule has 0 unspecified atom stereocenters. The van der Waals surface area contributed by atoms with Crippen molar-refractivity contribution in [2.45, 2.75) is 45.8 Å². The molecule has 0 spiro atoms. The topological polar surface area (TPSA) is 59.4 Å². The number of aromatic nitrogens is 5. The first-order valence-electron chi connectivity index (χ1n) is 9.22. The molecule has 9 heteroatoms. The summed E-state index contributed by atoms with van der Waals surface area (Å²) in [6.45, 7) is 5.84. The largest absolute Gasteiger partial charge is 0.389 e. The van der Waals surface area contributed by atoms with Gasteiger partial charge in [-0.25, -0.2) is 19.3 Å². The molecule has 4 rings (SSSR count). The number of nitrogens with zero attached hydrogens (tertiary/aromatic N) is 4. The fourth-order valence-electron chi connectivity index (χ4n) is 3.63. The van der Waals surface area contributed by atoms with Gasteiger partial charge in [0, 0.05) is 35.8 Å². The number of hydrogen-bond donors (Lipinski definition) is 1. The van der Waals surface area contributed by atoms with Gasteiger partial charge in [0.2, 0.25) is 0 Å². The maximum Gasteiger partial charge on any atom is 0.389 e. The van der Waals surface area contributed by atoms with Gasteiger partial charge in [0.05, 0.1) is 11.9 Å². The Bertz CT molecular complexity index is 1200. The highest BCUT2D eigenvalue weighted by Gasteiger charge is 2.27. The second kappa shape index (κ2) is 6.82. The van der Waals surface area contributed by atoms with Crippen LogP contribution < -0.4 is 0 Å². The number of halogens is 4. The van der Waals surface area contributed by atoms with Crippen LogP contribution in [-0.4, -0.2) is 30.7 Å². The summed E-state index contributed by atoms with van der Waals surface area (Å²) in [6, 6.07) is 3.37. The molecule has 0 aliphatic heterocycles. The van der Waals surface area contributed by atoms with Crippen LogP contribution in [-0.2, 0) is 6.42 Å². The SMILES string of the molecule is Cc1nc2c(F)cc(-c3c[nH]c4nc(CCC(F)(F)F)ncc34)cc2n1C(C)C. The Hall–Kier alpha value is -2.97. The van der Waals surface area contributed by atoms with Crippen LogP contribution in [0, 0.1) is 12.7 Å². The quantitative estimate of drug-likeness (QED) is 0.456. The lowest BCUT2D eigenvalue weighted by molar-refractivity contribution is -0.134. The van der Waals surface area contributed by atoms with Crippen molar-refractivity contribution in [3.05, 3.63) is 42.0 Å². The molecule has 152 valence electrons. The van der Waals surface area contributed by atoms with E-state index in [2.05, 4.69) is 19.9 Å². The fraction of sp³-hybridized carbons (Fsp3) is 0.350. The van der Waals surface area contributed by atoms with Crippen LogP contribution in [0.25, 0.3) is 33.2 Å². The molecule has 3 aromatic heterocycles. The highest BCUT2D eigenvalue weighted by Crippen LogP contribution is 2.33. The van der Waals surface area contributed by atoms with Gasteiger partial charge in [-0.05, 0) is 38.5 Å². The summed E-state index contributed by atoms with van der Waals surface area (Å²) in [5.74, 6) is 0.401. The van der Waals surface area contributed by atoms with Gasteiger partial charge in [0.1, 0.15) is 22.8 Å². The average Bonchev–Trinajstić information content (AvgIpc) is 3.19. The van der Waals surface area contributed by atoms with Gasteiger partial charge in [0.15, 0.2) is 5.82 Å². The predicted molar refractivity (Wildman–Crippen MR) is 102 cm³/mol. The lowest BCUT2D eigenvalue weighted by Gasteiger charge is -2.11. The zero-order valence-corrected chi connectivity index (χ0v) is 16.1. The monoisotopic (exact) mass is 405 g/mol. The Morgan fingerprint density at radius 3 is 2.62 bits per heavy atom. The molecule has 0 amide bonds. The van der Waals surface area contributed by atoms with Crippen molar-refractivity contribution in [2.24, 2.45) is 0 Å². The molecule has 1 N–H and O–H groups in total. The Labute approximate surface area is 163 Å². The van der Waals surface area contributed by atoms with E-state index in [0.717, 1.165) is 5.82 Å². The molecule has 0 saturated heterocycles. The van der Waals surface area contributed by atoms with Gasteiger partial charge < -0.3 is 9.55 Å². The molecule has 0 aliphatic carbocycles. The first-order valence-corrected chi connectivity index (χ1v) is 9.22. The fourth-order valence-corrected chi connectivity index (χ4v) is 3.63. The zero-order chi connectivity index (χ0) is 20.9. The van der Waals surface area contributed by atoms with Crippen LogP contribution >= 0.6 is 0 Å². The summed E-state index contributed by atoms with van der Waals surface area (Å²) < 4.78 is 54.0. The van der Waals surface area contributed by atoms with Crippen LogP contribution in [0.1, 0.15) is 38.0 Å². The van der Waals surface area contributed by atoms with E-state index in [1.807, 2.05) is 31.4 Å². The van der Waals surface area contributed by atoms with Gasteiger partial charge in [-0.3, -0.25) is 0 Å². The van der Waals surface area contributed by atoms with Crippen molar-refractivity contribution in [2.75, 3.05) is 0 Å². The maximum absolute atomic E-state index is 14.7. The van der Waals surface area contributed by atoms with E-state index in [1.54, 1.807) is 6.20 Å². The maximum atomic E-state index is 14.7. The number of aryl methyl sites for hydroxylation is 2. The van der Waals surface area contributed by atoms with E-state index in [1.165, 1.54) is 12.3 Å². The summed E-state index contributed by atoms with van der Waals surface area (Å²) in [5, 5.41) is 0.617. The molecule has 0 aliphatic rings. The van der Waals surface area contributed by atoms with Crippen molar-refractivity contribution in [1.29, 1.82) is 0 Å². The number of fused-ring (bicyclic) bond motifs is 2. The predicted octanol–water partition coefficient (Wildman–Crippen LogP) is 5.50. The van der Waals surface area contributed by atoms with Crippen LogP contribution in [0.3, 0.4) is 0 Å². The van der Waals surface area contributed by atoms with Crippen molar-refractivity contribution < 1.29 is 17.6 Å². The minimum atomic E-state index is -4.26. The molecule has 5 nitrogen and oxygen atoms in total. The third-order valence-electron chi connectivity index (χ3n) is 4.87. The molecule has 0 bridgehead atoms. The van der Waals surface area contributed by atoms with Gasteiger partial charge in [-0.1, -0.05) is 0 Å². The summed E-state index contributed by atoms with van der Waals surface area (Å²) in [7, 11) is 0. The van der Waals surface area contributed by atoms with Gasteiger partial charge in [0.25, 0.3) is 0 Å². The molecule has 0 saturated carbocycles. The Balaban J connectivity index is 1.78. The molecule has 29 heavy (non-hydrogen) atoms. The lowest BCUT2D eigenvalue weighted by Crippen LogP contribution is -2.10. The lowest BCUT2D eigenvalue weighted by atomic mass is 10.1. The van der Waals surface area contributed by atoms with Crippen molar-refractivity contribution in [1.82, 2.24) is 24.5 Å². The number of rotatable bonds is 4. The van der Waals surface area contributed by atoms with Gasteiger partial charge in [-0.2, -0.15) is 13.2 Å². The normalized spacial score (nSPS) is 12.6. The first-order chi connectivity index (χ1) is 13.6. The molecule has 3 heterocycles. The first kappa shape index (κ1) is 19.4. The highest BCUT2D eigenvalue weighted by molar-refractivity contribution is 5.95. The second-order valence-electron chi connectivity index (χ2n) is 7.31. The summed E-state index contributed by atoms with van der Waals surface area (Å²) in [6.07, 6.45) is -2.39. The molecule has 1 aromatic carbocycles. The molecular weight excluding hydrogens is 386 g/mol. The number of benzene rings is 1. The number of imidazole rings is 1. The van der Waals surface area contributed by atoms with E-state index in [-0.39, 0.29) is 18.3 Å². The van der Waals surface area contributed by atoms with Gasteiger partial charge >= 0.3 is 6.18 Å². The van der Waals surface area contributed by atoms with E-state index in [4.69, 9.17) is 0 Å². The van der Waals surface area contributed by atoms with Crippen LogP contribution in [0.2, 0.25) is 0 Å². The van der Waals surface area contributed by atoms with E-state index in [0.29, 0.717) is 33.2 Å². The third-order valence-corrected chi connectivity index (χ3v) is 4.87. The van der Waals surface area contributed by atoms with E-state index in [9.17, 15) is 17.6 Å². The number of aromatic amines is 1. The minimum absolute atomic E-state index is 0.108. The van der Waals surface area contributed by atoms with Crippen LogP contribution in [0.4, 0.5) is 17.6 Å². The van der Waals surface area contributed by atoms with Crippen LogP contribution in [0.15, 0.2) is 24.5 Å².